The number of aliphatic imine (C=N–C) groups is 2. The topological polar surface area (TPSA) is 48.8 Å². The quantitative estimate of drug-likeness (QED) is 0.786. The molecule has 0 saturated carbocycles. The zero-order chi connectivity index (χ0) is 13.7. The molecule has 0 bridgehead atoms. The predicted molar refractivity (Wildman–Crippen MR) is 84.1 cm³/mol. The Morgan fingerprint density at radius 3 is 2.26 bits per heavy atom. The molecular formula is C15H16N4. The first kappa shape index (κ1) is 12.8. The molecule has 0 heterocycles. The smallest absolute Gasteiger partial charge is 0.0857 e. The Bertz CT molecular complexity index is 605. The van der Waals surface area contributed by atoms with Gasteiger partial charge in [0.2, 0.25) is 0 Å². The van der Waals surface area contributed by atoms with Gasteiger partial charge in [-0.2, -0.15) is 0 Å². The van der Waals surface area contributed by atoms with E-state index in [0.717, 1.165) is 28.4 Å². The van der Waals surface area contributed by atoms with E-state index in [0.29, 0.717) is 0 Å². The van der Waals surface area contributed by atoms with Crippen molar-refractivity contribution in [3.05, 3.63) is 42.5 Å². The molecule has 2 N–H and O–H groups in total. The third-order valence-corrected chi connectivity index (χ3v) is 2.79. The molecule has 0 unspecified atom stereocenters. The molecule has 96 valence electrons. The van der Waals surface area contributed by atoms with Crippen molar-refractivity contribution < 1.29 is 0 Å². The van der Waals surface area contributed by atoms with Gasteiger partial charge < -0.3 is 10.6 Å². The van der Waals surface area contributed by atoms with Gasteiger partial charge in [0.15, 0.2) is 0 Å². The van der Waals surface area contributed by atoms with Crippen LogP contribution in [0.3, 0.4) is 0 Å². The van der Waals surface area contributed by atoms with Crippen molar-refractivity contribution in [2.45, 2.75) is 0 Å². The molecule has 0 radical (unpaired) electrons. The summed E-state index contributed by atoms with van der Waals surface area (Å²) in [5, 5.41) is 6.41. The molecule has 19 heavy (non-hydrogen) atoms. The lowest BCUT2D eigenvalue weighted by Gasteiger charge is -2.11. The highest BCUT2D eigenvalue weighted by atomic mass is 14.9. The Hall–Kier alpha value is -2.62. The van der Waals surface area contributed by atoms with E-state index in [1.54, 1.807) is 0 Å². The van der Waals surface area contributed by atoms with Crippen LogP contribution in [0.4, 0.5) is 28.4 Å². The third-order valence-electron chi connectivity index (χ3n) is 2.79. The second kappa shape index (κ2) is 5.82. The predicted octanol–water partition coefficient (Wildman–Crippen LogP) is 4.14. The van der Waals surface area contributed by atoms with Crippen molar-refractivity contribution in [2.24, 2.45) is 9.98 Å². The van der Waals surface area contributed by atoms with Crippen LogP contribution in [-0.2, 0) is 0 Å². The molecular weight excluding hydrogens is 236 g/mol. The lowest BCUT2D eigenvalue weighted by molar-refractivity contribution is 1.44. The Morgan fingerprint density at radius 1 is 0.895 bits per heavy atom. The number of para-hydroxylation sites is 2. The van der Waals surface area contributed by atoms with Crippen LogP contribution in [0.2, 0.25) is 0 Å². The Balaban J connectivity index is 2.33. The van der Waals surface area contributed by atoms with Gasteiger partial charge in [0.05, 0.1) is 22.7 Å². The Labute approximate surface area is 112 Å². The summed E-state index contributed by atoms with van der Waals surface area (Å²) < 4.78 is 0. The molecule has 0 amide bonds. The summed E-state index contributed by atoms with van der Waals surface area (Å²) in [6, 6.07) is 13.6. The maximum Gasteiger partial charge on any atom is 0.0857 e. The maximum atomic E-state index is 3.99. The third kappa shape index (κ3) is 2.80. The van der Waals surface area contributed by atoms with Crippen LogP contribution >= 0.6 is 0 Å². The average Bonchev–Trinajstić information content (AvgIpc) is 2.47. The van der Waals surface area contributed by atoms with Crippen LogP contribution in [0.5, 0.6) is 0 Å². The zero-order valence-electron chi connectivity index (χ0n) is 10.9. The van der Waals surface area contributed by atoms with Crippen molar-refractivity contribution in [1.82, 2.24) is 0 Å². The van der Waals surface area contributed by atoms with E-state index in [1.807, 2.05) is 49.5 Å². The van der Waals surface area contributed by atoms with E-state index in [2.05, 4.69) is 34.1 Å². The first-order valence-electron chi connectivity index (χ1n) is 5.90. The van der Waals surface area contributed by atoms with Gasteiger partial charge in [0.25, 0.3) is 0 Å². The number of hydrogen-bond acceptors (Lipinski definition) is 4. The molecule has 2 rings (SSSR count). The average molecular weight is 252 g/mol. The van der Waals surface area contributed by atoms with E-state index in [4.69, 9.17) is 0 Å². The van der Waals surface area contributed by atoms with E-state index >= 15 is 0 Å². The van der Waals surface area contributed by atoms with Crippen molar-refractivity contribution in [3.63, 3.8) is 0 Å². The number of nitrogens with zero attached hydrogens (tertiary/aromatic N) is 2. The molecule has 0 aliphatic rings. The zero-order valence-corrected chi connectivity index (χ0v) is 10.9. The van der Waals surface area contributed by atoms with Crippen molar-refractivity contribution in [1.29, 1.82) is 0 Å². The molecule has 0 atom stereocenters. The van der Waals surface area contributed by atoms with Crippen LogP contribution in [-0.4, -0.2) is 20.5 Å². The number of nitrogens with one attached hydrogen (secondary N) is 2. The van der Waals surface area contributed by atoms with Gasteiger partial charge >= 0.3 is 0 Å². The minimum Gasteiger partial charge on any atom is -0.386 e. The second-order valence-electron chi connectivity index (χ2n) is 3.94. The van der Waals surface area contributed by atoms with Gasteiger partial charge in [-0.05, 0) is 43.8 Å². The number of benzene rings is 2. The summed E-state index contributed by atoms with van der Waals surface area (Å²) >= 11 is 0. The normalized spacial score (nSPS) is 9.74. The number of anilines is 3. The van der Waals surface area contributed by atoms with Crippen molar-refractivity contribution in [2.75, 3.05) is 17.7 Å². The van der Waals surface area contributed by atoms with Crippen LogP contribution in [0.1, 0.15) is 0 Å². The molecule has 4 heteroatoms. The fraction of sp³-hybridized carbons (Fsp3) is 0.0667. The Morgan fingerprint density at radius 2 is 1.58 bits per heavy atom. The SMILES string of the molecule is C=Nc1ccc(Nc2ccccc2N=C)cc1NC. The lowest BCUT2D eigenvalue weighted by atomic mass is 10.2. The second-order valence-corrected chi connectivity index (χ2v) is 3.94. The molecule has 0 fully saturated rings. The molecule has 0 spiro atoms. The highest BCUT2D eigenvalue weighted by Gasteiger charge is 2.03. The molecule has 2 aromatic carbocycles. The highest BCUT2D eigenvalue weighted by molar-refractivity contribution is 5.78. The van der Waals surface area contributed by atoms with Gasteiger partial charge in [-0.1, -0.05) is 12.1 Å². The summed E-state index contributed by atoms with van der Waals surface area (Å²) in [4.78, 5) is 7.94. The molecule has 0 aliphatic carbocycles. The van der Waals surface area contributed by atoms with E-state index in [1.165, 1.54) is 0 Å². The van der Waals surface area contributed by atoms with Crippen LogP contribution in [0.25, 0.3) is 0 Å². The van der Waals surface area contributed by atoms with Crippen LogP contribution in [0.15, 0.2) is 52.4 Å². The summed E-state index contributed by atoms with van der Waals surface area (Å²) in [7, 11) is 1.85. The van der Waals surface area contributed by atoms with Crippen LogP contribution < -0.4 is 10.6 Å². The van der Waals surface area contributed by atoms with Gasteiger partial charge in [0, 0.05) is 12.7 Å². The summed E-state index contributed by atoms with van der Waals surface area (Å²) in [5.74, 6) is 0. The van der Waals surface area contributed by atoms with Gasteiger partial charge in [-0.15, -0.1) is 0 Å². The fourth-order valence-corrected chi connectivity index (χ4v) is 1.82. The summed E-state index contributed by atoms with van der Waals surface area (Å²) in [6.07, 6.45) is 0. The van der Waals surface area contributed by atoms with E-state index in [-0.39, 0.29) is 0 Å². The maximum absolute atomic E-state index is 3.99. The monoisotopic (exact) mass is 252 g/mol. The molecule has 0 saturated heterocycles. The Kier molecular flexibility index (Phi) is 3.93. The van der Waals surface area contributed by atoms with Crippen molar-refractivity contribution >= 4 is 41.9 Å². The summed E-state index contributed by atoms with van der Waals surface area (Å²) in [6.45, 7) is 7.12. The van der Waals surface area contributed by atoms with Gasteiger partial charge in [-0.25, -0.2) is 0 Å². The highest BCUT2D eigenvalue weighted by Crippen LogP contribution is 2.31. The fourth-order valence-electron chi connectivity index (χ4n) is 1.82. The number of rotatable bonds is 5. The minimum atomic E-state index is 0.819. The van der Waals surface area contributed by atoms with Gasteiger partial charge in [-0.3, -0.25) is 9.98 Å². The minimum absolute atomic E-state index is 0.819. The standard InChI is InChI=1S/C15H16N4/c1-16-12-6-4-5-7-14(12)19-11-8-9-13(17-2)15(10-11)18-3/h4-10,18-19H,1-2H2,3H3. The number of hydrogen-bond donors (Lipinski definition) is 2. The van der Waals surface area contributed by atoms with Crippen LogP contribution in [0, 0.1) is 0 Å². The first-order chi connectivity index (χ1) is 9.28. The molecule has 0 aromatic heterocycles. The molecule has 4 nitrogen and oxygen atoms in total. The molecule has 2 aromatic rings. The largest absolute Gasteiger partial charge is 0.386 e. The first-order valence-corrected chi connectivity index (χ1v) is 5.90. The van der Waals surface area contributed by atoms with E-state index in [9.17, 15) is 0 Å². The lowest BCUT2D eigenvalue weighted by Crippen LogP contribution is -1.93. The van der Waals surface area contributed by atoms with E-state index < -0.39 is 0 Å². The molecule has 0 aliphatic heterocycles. The van der Waals surface area contributed by atoms with Crippen molar-refractivity contribution in [3.8, 4) is 0 Å². The summed E-state index contributed by atoms with van der Waals surface area (Å²) in [5.41, 5.74) is 4.43. The van der Waals surface area contributed by atoms with Gasteiger partial charge in [0.1, 0.15) is 0 Å².